The van der Waals surface area contributed by atoms with Gasteiger partial charge in [-0.25, -0.2) is 9.78 Å². The molecule has 1 unspecified atom stereocenters. The van der Waals surface area contributed by atoms with E-state index in [0.29, 0.717) is 24.7 Å². The second kappa shape index (κ2) is 7.90. The highest BCUT2D eigenvalue weighted by atomic mass is 16.6. The maximum absolute atomic E-state index is 12.3. The largest absolute Gasteiger partial charge is 0.442 e. The molecule has 4 rings (SSSR count). The first-order chi connectivity index (χ1) is 14.4. The van der Waals surface area contributed by atoms with E-state index in [1.54, 1.807) is 18.0 Å². The van der Waals surface area contributed by atoms with Crippen molar-refractivity contribution in [2.24, 2.45) is 0 Å². The molecule has 10 nitrogen and oxygen atoms in total. The van der Waals surface area contributed by atoms with E-state index < -0.39 is 6.09 Å². The Morgan fingerprint density at radius 3 is 2.67 bits per heavy atom. The SMILES string of the molecule is CC(=O)NCC1CN(c2ccc(-c3ccc(-n4nnc(C)n4)nc3)cc2C)C(=O)O1. The summed E-state index contributed by atoms with van der Waals surface area (Å²) in [4.78, 5) is 30.7. The number of anilines is 1. The Kier molecular flexibility index (Phi) is 5.13. The number of ether oxygens (including phenoxy) is 1. The molecule has 1 fully saturated rings. The highest BCUT2D eigenvalue weighted by Crippen LogP contribution is 2.29. The molecule has 1 aliphatic rings. The molecule has 1 N–H and O–H groups in total. The first-order valence-corrected chi connectivity index (χ1v) is 9.47. The molecule has 0 saturated carbocycles. The summed E-state index contributed by atoms with van der Waals surface area (Å²) in [7, 11) is 0. The minimum Gasteiger partial charge on any atom is -0.442 e. The summed E-state index contributed by atoms with van der Waals surface area (Å²) in [5.74, 6) is 1.00. The Bertz CT molecular complexity index is 1090. The van der Waals surface area contributed by atoms with E-state index >= 15 is 0 Å². The zero-order valence-corrected chi connectivity index (χ0v) is 16.9. The van der Waals surface area contributed by atoms with Crippen molar-refractivity contribution in [3.8, 4) is 16.9 Å². The number of cyclic esters (lactones) is 1. The van der Waals surface area contributed by atoms with Crippen LogP contribution in [0.25, 0.3) is 16.9 Å². The molecular formula is C20H21N7O3. The first kappa shape index (κ1) is 19.5. The number of hydrogen-bond donors (Lipinski definition) is 1. The average Bonchev–Trinajstić information content (AvgIpc) is 3.32. The van der Waals surface area contributed by atoms with E-state index in [4.69, 9.17) is 4.74 Å². The fourth-order valence-electron chi connectivity index (χ4n) is 3.28. The number of pyridine rings is 1. The van der Waals surface area contributed by atoms with Crippen LogP contribution in [-0.2, 0) is 9.53 Å². The standard InChI is InChI=1S/C20H21N7O3/c1-12-8-15(16-5-7-19(22-9-16)27-24-13(2)23-25-27)4-6-18(12)26-11-17(30-20(26)29)10-21-14(3)28/h4-9,17H,10-11H2,1-3H3,(H,21,28). The van der Waals surface area contributed by atoms with Crippen molar-refractivity contribution in [3.05, 3.63) is 47.9 Å². The van der Waals surface area contributed by atoms with Gasteiger partial charge in [0.2, 0.25) is 5.91 Å². The molecule has 1 atom stereocenters. The van der Waals surface area contributed by atoms with Crippen LogP contribution in [0.15, 0.2) is 36.5 Å². The summed E-state index contributed by atoms with van der Waals surface area (Å²) in [5, 5.41) is 14.6. The number of benzene rings is 1. The summed E-state index contributed by atoms with van der Waals surface area (Å²) >= 11 is 0. The van der Waals surface area contributed by atoms with Crippen LogP contribution in [0.1, 0.15) is 18.3 Å². The molecule has 3 aromatic rings. The maximum Gasteiger partial charge on any atom is 0.414 e. The van der Waals surface area contributed by atoms with E-state index in [2.05, 4.69) is 25.7 Å². The highest BCUT2D eigenvalue weighted by Gasteiger charge is 2.33. The lowest BCUT2D eigenvalue weighted by molar-refractivity contribution is -0.119. The third-order valence-electron chi connectivity index (χ3n) is 4.74. The zero-order valence-electron chi connectivity index (χ0n) is 16.9. The molecule has 0 spiro atoms. The lowest BCUT2D eigenvalue weighted by atomic mass is 10.0. The van der Waals surface area contributed by atoms with Crippen LogP contribution in [0.3, 0.4) is 0 Å². The number of nitrogens with zero attached hydrogens (tertiary/aromatic N) is 6. The third-order valence-corrected chi connectivity index (χ3v) is 4.74. The molecule has 0 aliphatic carbocycles. The summed E-state index contributed by atoms with van der Waals surface area (Å²) < 4.78 is 5.35. The molecule has 30 heavy (non-hydrogen) atoms. The van der Waals surface area contributed by atoms with Gasteiger partial charge < -0.3 is 10.1 Å². The van der Waals surface area contributed by atoms with Crippen LogP contribution < -0.4 is 10.2 Å². The van der Waals surface area contributed by atoms with Gasteiger partial charge in [-0.3, -0.25) is 9.69 Å². The van der Waals surface area contributed by atoms with E-state index in [9.17, 15) is 9.59 Å². The van der Waals surface area contributed by atoms with Crippen LogP contribution in [0.2, 0.25) is 0 Å². The molecule has 1 aromatic carbocycles. The molecule has 2 amide bonds. The molecule has 0 bridgehead atoms. The van der Waals surface area contributed by atoms with Gasteiger partial charge >= 0.3 is 6.09 Å². The van der Waals surface area contributed by atoms with Crippen LogP contribution >= 0.6 is 0 Å². The van der Waals surface area contributed by atoms with Gasteiger partial charge in [0.05, 0.1) is 18.8 Å². The van der Waals surface area contributed by atoms with Crippen molar-refractivity contribution in [3.63, 3.8) is 0 Å². The van der Waals surface area contributed by atoms with Gasteiger partial charge in [0, 0.05) is 18.7 Å². The highest BCUT2D eigenvalue weighted by molar-refractivity contribution is 5.91. The smallest absolute Gasteiger partial charge is 0.414 e. The van der Waals surface area contributed by atoms with E-state index in [0.717, 1.165) is 22.4 Å². The summed E-state index contributed by atoms with van der Waals surface area (Å²) in [6, 6.07) is 9.58. The topological polar surface area (TPSA) is 115 Å². The summed E-state index contributed by atoms with van der Waals surface area (Å²) in [5.41, 5.74) is 3.61. The fraction of sp³-hybridized carbons (Fsp3) is 0.300. The van der Waals surface area contributed by atoms with E-state index in [1.807, 2.05) is 37.3 Å². The third kappa shape index (κ3) is 3.97. The number of rotatable bonds is 5. The monoisotopic (exact) mass is 407 g/mol. The van der Waals surface area contributed by atoms with Gasteiger partial charge in [0.15, 0.2) is 11.6 Å². The van der Waals surface area contributed by atoms with Crippen molar-refractivity contribution in [1.29, 1.82) is 0 Å². The number of hydrogen-bond acceptors (Lipinski definition) is 7. The lowest BCUT2D eigenvalue weighted by Gasteiger charge is -2.17. The summed E-state index contributed by atoms with van der Waals surface area (Å²) in [6.07, 6.45) is 0.963. The maximum atomic E-state index is 12.3. The van der Waals surface area contributed by atoms with E-state index in [1.165, 1.54) is 11.7 Å². The van der Waals surface area contributed by atoms with Crippen LogP contribution in [-0.4, -0.2) is 56.4 Å². The van der Waals surface area contributed by atoms with Crippen molar-refractivity contribution < 1.29 is 14.3 Å². The van der Waals surface area contributed by atoms with E-state index in [-0.39, 0.29) is 12.0 Å². The molecule has 3 heterocycles. The van der Waals surface area contributed by atoms with Crippen LogP contribution in [0, 0.1) is 13.8 Å². The van der Waals surface area contributed by atoms with Gasteiger partial charge in [-0.15, -0.1) is 15.0 Å². The van der Waals surface area contributed by atoms with Gasteiger partial charge in [-0.1, -0.05) is 6.07 Å². The minimum atomic E-state index is -0.414. The predicted octanol–water partition coefficient (Wildman–Crippen LogP) is 1.80. The molecule has 0 radical (unpaired) electrons. The normalized spacial score (nSPS) is 15.9. The number of aromatic nitrogens is 5. The Morgan fingerprint density at radius 2 is 2.03 bits per heavy atom. The Labute approximate surface area is 172 Å². The molecule has 154 valence electrons. The Hall–Kier alpha value is -3.82. The fourth-order valence-corrected chi connectivity index (χ4v) is 3.28. The van der Waals surface area contributed by atoms with Crippen LogP contribution in [0.5, 0.6) is 0 Å². The first-order valence-electron chi connectivity index (χ1n) is 9.47. The Balaban J connectivity index is 1.51. The molecule has 2 aromatic heterocycles. The average molecular weight is 407 g/mol. The number of carbonyl (C=O) groups excluding carboxylic acids is 2. The van der Waals surface area contributed by atoms with Gasteiger partial charge in [0.25, 0.3) is 0 Å². The number of tetrazole rings is 1. The van der Waals surface area contributed by atoms with Gasteiger partial charge in [-0.05, 0) is 54.5 Å². The minimum absolute atomic E-state index is 0.153. The second-order valence-corrected chi connectivity index (χ2v) is 7.09. The van der Waals surface area contributed by atoms with Crippen molar-refractivity contribution >= 4 is 17.7 Å². The zero-order chi connectivity index (χ0) is 21.3. The summed E-state index contributed by atoms with van der Waals surface area (Å²) in [6.45, 7) is 5.83. The predicted molar refractivity (Wildman–Crippen MR) is 108 cm³/mol. The molecule has 1 saturated heterocycles. The number of carbonyl (C=O) groups is 2. The van der Waals surface area contributed by atoms with Gasteiger partial charge in [0.1, 0.15) is 6.10 Å². The van der Waals surface area contributed by atoms with Crippen LogP contribution in [0.4, 0.5) is 10.5 Å². The number of nitrogens with one attached hydrogen (secondary N) is 1. The lowest BCUT2D eigenvalue weighted by Crippen LogP contribution is -2.33. The quantitative estimate of drug-likeness (QED) is 0.686. The molecular weight excluding hydrogens is 386 g/mol. The molecule has 10 heteroatoms. The second-order valence-electron chi connectivity index (χ2n) is 7.09. The number of aryl methyl sites for hydroxylation is 2. The van der Waals surface area contributed by atoms with Gasteiger partial charge in [-0.2, -0.15) is 0 Å². The molecule has 1 aliphatic heterocycles. The van der Waals surface area contributed by atoms with Crippen molar-refractivity contribution in [2.75, 3.05) is 18.0 Å². The number of amides is 2. The van der Waals surface area contributed by atoms with Crippen molar-refractivity contribution in [2.45, 2.75) is 26.9 Å². The van der Waals surface area contributed by atoms with Crippen molar-refractivity contribution in [1.82, 2.24) is 30.5 Å². The Morgan fingerprint density at radius 1 is 1.23 bits per heavy atom.